The normalized spacial score (nSPS) is 19.7. The van der Waals surface area contributed by atoms with Crippen LogP contribution in [0.3, 0.4) is 0 Å². The van der Waals surface area contributed by atoms with Gasteiger partial charge < -0.3 is 24.6 Å². The highest BCUT2D eigenvalue weighted by molar-refractivity contribution is 6.32. The van der Waals surface area contributed by atoms with E-state index in [1.54, 1.807) is 23.1 Å². The molecule has 26 heavy (non-hydrogen) atoms. The number of halogens is 1. The van der Waals surface area contributed by atoms with Gasteiger partial charge >= 0.3 is 6.09 Å². The molecule has 0 bridgehead atoms. The van der Waals surface area contributed by atoms with Gasteiger partial charge in [-0.05, 0) is 18.2 Å². The van der Waals surface area contributed by atoms with Crippen molar-refractivity contribution in [1.82, 2.24) is 10.2 Å². The minimum absolute atomic E-state index is 0.130. The van der Waals surface area contributed by atoms with Crippen molar-refractivity contribution in [3.63, 3.8) is 0 Å². The van der Waals surface area contributed by atoms with Crippen LogP contribution in [0.15, 0.2) is 18.2 Å². The molecular weight excluding hydrogens is 362 g/mol. The zero-order valence-electron chi connectivity index (χ0n) is 14.4. The third-order valence-electron chi connectivity index (χ3n) is 4.47. The van der Waals surface area contributed by atoms with Crippen molar-refractivity contribution in [3.8, 4) is 5.75 Å². The van der Waals surface area contributed by atoms with E-state index >= 15 is 0 Å². The SMILES string of the molecule is COc1ccc(N2CC(C(=O)NCCN3CCOC3=O)CC2=O)cc1Cl. The summed E-state index contributed by atoms with van der Waals surface area (Å²) in [6.07, 6.45) is -0.223. The number of rotatable bonds is 6. The van der Waals surface area contributed by atoms with Gasteiger partial charge in [0.15, 0.2) is 0 Å². The van der Waals surface area contributed by atoms with Gasteiger partial charge in [-0.1, -0.05) is 11.6 Å². The van der Waals surface area contributed by atoms with Crippen LogP contribution < -0.4 is 15.0 Å². The Morgan fingerprint density at radius 2 is 2.23 bits per heavy atom. The van der Waals surface area contributed by atoms with Crippen molar-refractivity contribution >= 4 is 35.2 Å². The molecule has 1 N–H and O–H groups in total. The van der Waals surface area contributed by atoms with E-state index in [1.165, 1.54) is 12.0 Å². The molecule has 9 heteroatoms. The second-order valence-electron chi connectivity index (χ2n) is 6.12. The Morgan fingerprint density at radius 1 is 1.42 bits per heavy atom. The number of hydrogen-bond acceptors (Lipinski definition) is 5. The highest BCUT2D eigenvalue weighted by Crippen LogP contribution is 2.32. The topological polar surface area (TPSA) is 88.2 Å². The highest BCUT2D eigenvalue weighted by Gasteiger charge is 2.35. The summed E-state index contributed by atoms with van der Waals surface area (Å²) in [7, 11) is 1.52. The summed E-state index contributed by atoms with van der Waals surface area (Å²) in [5, 5.41) is 3.19. The first-order valence-corrected chi connectivity index (χ1v) is 8.70. The molecule has 1 aromatic rings. The predicted octanol–water partition coefficient (Wildman–Crippen LogP) is 1.27. The van der Waals surface area contributed by atoms with Gasteiger partial charge in [-0.15, -0.1) is 0 Å². The maximum Gasteiger partial charge on any atom is 0.409 e. The standard InChI is InChI=1S/C17H20ClN3O5/c1-25-14-3-2-12(9-13(14)18)21-10-11(8-15(21)22)16(23)19-4-5-20-6-7-26-17(20)24/h2-3,9,11H,4-8,10H2,1H3,(H,19,23). The molecule has 0 aromatic heterocycles. The molecule has 3 amide bonds. The number of carbonyl (C=O) groups is 3. The maximum atomic E-state index is 12.3. The quantitative estimate of drug-likeness (QED) is 0.801. The molecule has 2 aliphatic rings. The molecule has 0 aliphatic carbocycles. The Balaban J connectivity index is 1.54. The smallest absolute Gasteiger partial charge is 0.409 e. The van der Waals surface area contributed by atoms with E-state index in [4.69, 9.17) is 21.1 Å². The highest BCUT2D eigenvalue weighted by atomic mass is 35.5. The summed E-state index contributed by atoms with van der Waals surface area (Å²) in [4.78, 5) is 39.0. The summed E-state index contributed by atoms with van der Waals surface area (Å²) in [5.41, 5.74) is 0.635. The fourth-order valence-electron chi connectivity index (χ4n) is 3.04. The number of ether oxygens (including phenoxy) is 2. The number of benzene rings is 1. The Bertz CT molecular complexity index is 726. The third-order valence-corrected chi connectivity index (χ3v) is 4.76. The lowest BCUT2D eigenvalue weighted by Crippen LogP contribution is -2.38. The molecule has 1 unspecified atom stereocenters. The van der Waals surface area contributed by atoms with Crippen molar-refractivity contribution in [2.24, 2.45) is 5.92 Å². The molecule has 140 valence electrons. The van der Waals surface area contributed by atoms with Crippen LogP contribution in [0.4, 0.5) is 10.5 Å². The van der Waals surface area contributed by atoms with Crippen LogP contribution in [0.25, 0.3) is 0 Å². The number of hydrogen-bond donors (Lipinski definition) is 1. The molecule has 3 rings (SSSR count). The van der Waals surface area contributed by atoms with Crippen molar-refractivity contribution in [3.05, 3.63) is 23.2 Å². The molecule has 2 aliphatic heterocycles. The van der Waals surface area contributed by atoms with E-state index in [1.807, 2.05) is 0 Å². The van der Waals surface area contributed by atoms with Gasteiger partial charge in [0.1, 0.15) is 12.4 Å². The van der Waals surface area contributed by atoms with Crippen LogP contribution in [0.1, 0.15) is 6.42 Å². The number of nitrogens with one attached hydrogen (secondary N) is 1. The summed E-state index contributed by atoms with van der Waals surface area (Å²) in [5.74, 6) is -0.242. The third kappa shape index (κ3) is 3.85. The second kappa shape index (κ2) is 7.82. The summed E-state index contributed by atoms with van der Waals surface area (Å²) in [6, 6.07) is 5.08. The van der Waals surface area contributed by atoms with Crippen molar-refractivity contribution in [2.45, 2.75) is 6.42 Å². The van der Waals surface area contributed by atoms with E-state index in [2.05, 4.69) is 5.32 Å². The molecule has 2 fully saturated rings. The lowest BCUT2D eigenvalue weighted by Gasteiger charge is -2.18. The number of methoxy groups -OCH3 is 1. The first kappa shape index (κ1) is 18.3. The van der Waals surface area contributed by atoms with Crippen LogP contribution in [-0.4, -0.2) is 62.7 Å². The zero-order valence-corrected chi connectivity index (χ0v) is 15.1. The monoisotopic (exact) mass is 381 g/mol. The van der Waals surface area contributed by atoms with E-state index in [-0.39, 0.29) is 24.3 Å². The lowest BCUT2D eigenvalue weighted by atomic mass is 10.1. The van der Waals surface area contributed by atoms with Crippen LogP contribution in [0.2, 0.25) is 5.02 Å². The molecule has 8 nitrogen and oxygen atoms in total. The zero-order chi connectivity index (χ0) is 18.7. The fourth-order valence-corrected chi connectivity index (χ4v) is 3.30. The Labute approximate surface area is 156 Å². The van der Waals surface area contributed by atoms with Gasteiger partial charge in [0.25, 0.3) is 0 Å². The fraction of sp³-hybridized carbons (Fsp3) is 0.471. The molecule has 2 saturated heterocycles. The Hall–Kier alpha value is -2.48. The van der Waals surface area contributed by atoms with E-state index in [0.717, 1.165) is 0 Å². The molecule has 0 radical (unpaired) electrons. The predicted molar refractivity (Wildman–Crippen MR) is 94.4 cm³/mol. The average molecular weight is 382 g/mol. The minimum atomic E-state index is -0.436. The summed E-state index contributed by atoms with van der Waals surface area (Å²) >= 11 is 6.11. The molecule has 0 spiro atoms. The average Bonchev–Trinajstić information content (AvgIpc) is 3.20. The van der Waals surface area contributed by atoms with Crippen LogP contribution in [0, 0.1) is 5.92 Å². The van der Waals surface area contributed by atoms with Crippen molar-refractivity contribution in [2.75, 3.05) is 44.8 Å². The Morgan fingerprint density at radius 3 is 2.88 bits per heavy atom. The van der Waals surface area contributed by atoms with Crippen LogP contribution in [-0.2, 0) is 14.3 Å². The Kier molecular flexibility index (Phi) is 5.51. The summed E-state index contributed by atoms with van der Waals surface area (Å²) in [6.45, 7) is 1.92. The second-order valence-corrected chi connectivity index (χ2v) is 6.52. The number of cyclic esters (lactones) is 1. The van der Waals surface area contributed by atoms with E-state index in [9.17, 15) is 14.4 Å². The number of carbonyl (C=O) groups excluding carboxylic acids is 3. The molecule has 1 aromatic carbocycles. The number of nitrogens with zero attached hydrogens (tertiary/aromatic N) is 2. The van der Waals surface area contributed by atoms with Gasteiger partial charge in [0.2, 0.25) is 11.8 Å². The first-order chi connectivity index (χ1) is 12.5. The molecule has 1 atom stereocenters. The maximum absolute atomic E-state index is 12.3. The van der Waals surface area contributed by atoms with E-state index in [0.29, 0.717) is 49.2 Å². The van der Waals surface area contributed by atoms with Crippen LogP contribution >= 0.6 is 11.6 Å². The van der Waals surface area contributed by atoms with Crippen molar-refractivity contribution in [1.29, 1.82) is 0 Å². The molecular formula is C17H20ClN3O5. The van der Waals surface area contributed by atoms with Gasteiger partial charge in [-0.3, -0.25) is 9.59 Å². The van der Waals surface area contributed by atoms with Crippen molar-refractivity contribution < 1.29 is 23.9 Å². The molecule has 0 saturated carbocycles. The summed E-state index contributed by atoms with van der Waals surface area (Å²) < 4.78 is 9.94. The largest absolute Gasteiger partial charge is 0.495 e. The molecule has 2 heterocycles. The first-order valence-electron chi connectivity index (χ1n) is 8.33. The van der Waals surface area contributed by atoms with Gasteiger partial charge in [0.05, 0.1) is 24.6 Å². The van der Waals surface area contributed by atoms with Gasteiger partial charge in [-0.25, -0.2) is 4.79 Å². The minimum Gasteiger partial charge on any atom is -0.495 e. The van der Waals surface area contributed by atoms with Crippen LogP contribution in [0.5, 0.6) is 5.75 Å². The van der Waals surface area contributed by atoms with Gasteiger partial charge in [0, 0.05) is 31.7 Å². The lowest BCUT2D eigenvalue weighted by molar-refractivity contribution is -0.126. The van der Waals surface area contributed by atoms with E-state index < -0.39 is 5.92 Å². The van der Waals surface area contributed by atoms with Gasteiger partial charge in [-0.2, -0.15) is 0 Å². The number of anilines is 1. The number of amides is 3.